The summed E-state index contributed by atoms with van der Waals surface area (Å²) in [7, 11) is -1.89. The number of hydrogen-bond donors (Lipinski definition) is 1. The second-order valence-corrected chi connectivity index (χ2v) is 7.60. The van der Waals surface area contributed by atoms with Crippen LogP contribution in [0.3, 0.4) is 0 Å². The number of halogens is 1. The third-order valence-corrected chi connectivity index (χ3v) is 5.18. The topological polar surface area (TPSA) is 55.4 Å². The molecule has 6 heteroatoms. The van der Waals surface area contributed by atoms with E-state index in [1.807, 2.05) is 25.1 Å². The molecule has 0 unspecified atom stereocenters. The van der Waals surface area contributed by atoms with E-state index in [1.54, 1.807) is 31.4 Å². The van der Waals surface area contributed by atoms with Gasteiger partial charge in [-0.15, -0.1) is 0 Å². The number of hydrogen-bond acceptors (Lipinski definition) is 3. The highest BCUT2D eigenvalue weighted by molar-refractivity contribution is 9.10. The SMILES string of the molecule is COc1ccc(C)cc1CCNS(=O)(=O)c1cccc(Br)c1. The minimum absolute atomic E-state index is 0.248. The van der Waals surface area contributed by atoms with E-state index in [-0.39, 0.29) is 4.90 Å². The van der Waals surface area contributed by atoms with Crippen molar-refractivity contribution in [2.24, 2.45) is 0 Å². The van der Waals surface area contributed by atoms with Gasteiger partial charge in [0.1, 0.15) is 5.75 Å². The number of sulfonamides is 1. The summed E-state index contributed by atoms with van der Waals surface area (Å²) in [4.78, 5) is 0.248. The zero-order valence-electron chi connectivity index (χ0n) is 12.5. The molecule has 0 saturated heterocycles. The largest absolute Gasteiger partial charge is 0.496 e. The minimum Gasteiger partial charge on any atom is -0.496 e. The number of nitrogens with one attached hydrogen (secondary N) is 1. The van der Waals surface area contributed by atoms with E-state index in [9.17, 15) is 8.42 Å². The minimum atomic E-state index is -3.50. The van der Waals surface area contributed by atoms with Gasteiger partial charge in [0.2, 0.25) is 10.0 Å². The van der Waals surface area contributed by atoms with Gasteiger partial charge < -0.3 is 4.74 Å². The first kappa shape index (κ1) is 17.0. The molecule has 0 saturated carbocycles. The van der Waals surface area contributed by atoms with Crippen molar-refractivity contribution in [3.05, 3.63) is 58.1 Å². The van der Waals surface area contributed by atoms with Crippen LogP contribution in [0, 0.1) is 6.92 Å². The predicted octanol–water partition coefficient (Wildman–Crippen LogP) is 3.29. The highest BCUT2D eigenvalue weighted by Crippen LogP contribution is 2.20. The molecular weight excluding hydrogens is 366 g/mol. The van der Waals surface area contributed by atoms with Gasteiger partial charge in [0, 0.05) is 11.0 Å². The molecule has 0 radical (unpaired) electrons. The van der Waals surface area contributed by atoms with Crippen molar-refractivity contribution in [1.82, 2.24) is 4.72 Å². The normalized spacial score (nSPS) is 11.4. The van der Waals surface area contributed by atoms with E-state index in [0.29, 0.717) is 13.0 Å². The maximum absolute atomic E-state index is 12.2. The fourth-order valence-corrected chi connectivity index (χ4v) is 3.77. The Balaban J connectivity index is 2.06. The zero-order chi connectivity index (χ0) is 16.2. The highest BCUT2D eigenvalue weighted by atomic mass is 79.9. The van der Waals surface area contributed by atoms with Crippen LogP contribution in [0.1, 0.15) is 11.1 Å². The molecule has 0 amide bonds. The van der Waals surface area contributed by atoms with Crippen LogP contribution in [0.15, 0.2) is 51.8 Å². The van der Waals surface area contributed by atoms with Gasteiger partial charge in [0.15, 0.2) is 0 Å². The molecule has 22 heavy (non-hydrogen) atoms. The monoisotopic (exact) mass is 383 g/mol. The lowest BCUT2D eigenvalue weighted by Gasteiger charge is -2.11. The molecule has 118 valence electrons. The van der Waals surface area contributed by atoms with Crippen molar-refractivity contribution in [2.45, 2.75) is 18.2 Å². The van der Waals surface area contributed by atoms with Crippen LogP contribution in [0.25, 0.3) is 0 Å². The van der Waals surface area contributed by atoms with Crippen molar-refractivity contribution >= 4 is 26.0 Å². The standard InChI is InChI=1S/C16H18BrNO3S/c1-12-6-7-16(21-2)13(10-12)8-9-18-22(19,20)15-5-3-4-14(17)11-15/h3-7,10-11,18H,8-9H2,1-2H3. The van der Waals surface area contributed by atoms with Crippen LogP contribution in [0.5, 0.6) is 5.75 Å². The molecule has 2 rings (SSSR count). The lowest BCUT2D eigenvalue weighted by molar-refractivity contribution is 0.409. The molecule has 0 bridgehead atoms. The van der Waals surface area contributed by atoms with Crippen LogP contribution in [-0.2, 0) is 16.4 Å². The molecular formula is C16H18BrNO3S. The molecule has 2 aromatic carbocycles. The van der Waals surface area contributed by atoms with Crippen LogP contribution in [-0.4, -0.2) is 22.1 Å². The van der Waals surface area contributed by atoms with Gasteiger partial charge in [-0.3, -0.25) is 0 Å². The third-order valence-electron chi connectivity index (χ3n) is 3.23. The number of benzene rings is 2. The van der Waals surface area contributed by atoms with Crippen molar-refractivity contribution in [1.29, 1.82) is 0 Å². The average Bonchev–Trinajstić information content (AvgIpc) is 2.47. The number of methoxy groups -OCH3 is 1. The van der Waals surface area contributed by atoms with Crippen molar-refractivity contribution in [3.8, 4) is 5.75 Å². The Morgan fingerprint density at radius 2 is 1.95 bits per heavy atom. The zero-order valence-corrected chi connectivity index (χ0v) is 14.9. The molecule has 0 aliphatic rings. The van der Waals surface area contributed by atoms with Gasteiger partial charge >= 0.3 is 0 Å². The molecule has 0 atom stereocenters. The van der Waals surface area contributed by atoms with Gasteiger partial charge in [-0.1, -0.05) is 39.7 Å². The Morgan fingerprint density at radius 3 is 2.64 bits per heavy atom. The lowest BCUT2D eigenvalue weighted by atomic mass is 10.1. The Hall–Kier alpha value is -1.37. The fourth-order valence-electron chi connectivity index (χ4n) is 2.14. The molecule has 0 fully saturated rings. The summed E-state index contributed by atoms with van der Waals surface area (Å²) in [5.74, 6) is 0.771. The maximum atomic E-state index is 12.2. The van der Waals surface area contributed by atoms with E-state index in [0.717, 1.165) is 21.3 Å². The summed E-state index contributed by atoms with van der Waals surface area (Å²) in [6.07, 6.45) is 0.568. The Bertz CT molecular complexity index is 760. The Kier molecular flexibility index (Phi) is 5.61. The van der Waals surface area contributed by atoms with E-state index >= 15 is 0 Å². The predicted molar refractivity (Wildman–Crippen MR) is 90.8 cm³/mol. The maximum Gasteiger partial charge on any atom is 0.240 e. The van der Waals surface area contributed by atoms with Gasteiger partial charge in [-0.2, -0.15) is 0 Å². The van der Waals surface area contributed by atoms with E-state index < -0.39 is 10.0 Å². The average molecular weight is 384 g/mol. The van der Waals surface area contributed by atoms with Crippen LogP contribution >= 0.6 is 15.9 Å². The van der Waals surface area contributed by atoms with Crippen LogP contribution in [0.2, 0.25) is 0 Å². The first-order valence-corrected chi connectivity index (χ1v) is 9.09. The lowest BCUT2D eigenvalue weighted by Crippen LogP contribution is -2.26. The first-order chi connectivity index (χ1) is 10.4. The van der Waals surface area contributed by atoms with Crippen LogP contribution in [0.4, 0.5) is 0 Å². The number of rotatable bonds is 6. The van der Waals surface area contributed by atoms with Crippen molar-refractivity contribution in [3.63, 3.8) is 0 Å². The molecule has 2 aromatic rings. The highest BCUT2D eigenvalue weighted by Gasteiger charge is 2.14. The molecule has 0 aromatic heterocycles. The molecule has 0 heterocycles. The van der Waals surface area contributed by atoms with Gasteiger partial charge in [-0.25, -0.2) is 13.1 Å². The summed E-state index contributed by atoms with van der Waals surface area (Å²) in [6, 6.07) is 12.5. The quantitative estimate of drug-likeness (QED) is 0.832. The summed E-state index contributed by atoms with van der Waals surface area (Å²) in [5, 5.41) is 0. The number of aryl methyl sites for hydroxylation is 1. The summed E-state index contributed by atoms with van der Waals surface area (Å²) in [6.45, 7) is 2.31. The van der Waals surface area contributed by atoms with Crippen molar-refractivity contribution in [2.75, 3.05) is 13.7 Å². The summed E-state index contributed by atoms with van der Waals surface area (Å²) >= 11 is 3.28. The van der Waals surface area contributed by atoms with E-state index in [1.165, 1.54) is 0 Å². The second kappa shape index (κ2) is 7.26. The third kappa shape index (κ3) is 4.32. The Labute approximate surface area is 139 Å². The van der Waals surface area contributed by atoms with E-state index in [4.69, 9.17) is 4.74 Å². The summed E-state index contributed by atoms with van der Waals surface area (Å²) in [5.41, 5.74) is 2.10. The molecule has 0 spiro atoms. The molecule has 0 aliphatic carbocycles. The summed E-state index contributed by atoms with van der Waals surface area (Å²) < 4.78 is 33.1. The molecule has 4 nitrogen and oxygen atoms in total. The van der Waals surface area contributed by atoms with Gasteiger partial charge in [-0.05, 0) is 43.2 Å². The molecule has 0 aliphatic heterocycles. The van der Waals surface area contributed by atoms with Gasteiger partial charge in [0.25, 0.3) is 0 Å². The smallest absolute Gasteiger partial charge is 0.240 e. The fraction of sp³-hybridized carbons (Fsp3) is 0.250. The Morgan fingerprint density at radius 1 is 1.18 bits per heavy atom. The molecule has 1 N–H and O–H groups in total. The first-order valence-electron chi connectivity index (χ1n) is 6.81. The van der Waals surface area contributed by atoms with Crippen molar-refractivity contribution < 1.29 is 13.2 Å². The van der Waals surface area contributed by atoms with Crippen LogP contribution < -0.4 is 9.46 Å². The van der Waals surface area contributed by atoms with E-state index in [2.05, 4.69) is 20.7 Å². The second-order valence-electron chi connectivity index (χ2n) is 4.92. The number of ether oxygens (including phenoxy) is 1. The van der Waals surface area contributed by atoms with Gasteiger partial charge in [0.05, 0.1) is 12.0 Å².